The van der Waals surface area contributed by atoms with E-state index in [9.17, 15) is 14.7 Å². The molecular weight excluding hydrogens is 344 g/mol. The quantitative estimate of drug-likeness (QED) is 0.537. The Morgan fingerprint density at radius 3 is 3.04 bits per heavy atom. The second-order valence-electron chi connectivity index (χ2n) is 5.02. The minimum atomic E-state index is -0.583. The number of fused-ring (bicyclic) bond motifs is 1. The molecule has 3 rings (SSSR count). The van der Waals surface area contributed by atoms with E-state index in [4.69, 9.17) is 9.47 Å². The van der Waals surface area contributed by atoms with Crippen LogP contribution in [-0.4, -0.2) is 28.2 Å². The Hall–Kier alpha value is -3.13. The molecule has 0 bridgehead atoms. The van der Waals surface area contributed by atoms with E-state index >= 15 is 0 Å². The summed E-state index contributed by atoms with van der Waals surface area (Å²) in [5, 5.41) is 11.3. The molecule has 2 heterocycles. The van der Waals surface area contributed by atoms with Crippen molar-refractivity contribution in [1.29, 1.82) is 0 Å². The van der Waals surface area contributed by atoms with Gasteiger partial charge in [0.25, 0.3) is 5.56 Å². The van der Waals surface area contributed by atoms with Crippen LogP contribution in [0.1, 0.15) is 11.4 Å². The van der Waals surface area contributed by atoms with Gasteiger partial charge in [-0.3, -0.25) is 4.79 Å². The molecule has 0 saturated carbocycles. The fourth-order valence-electron chi connectivity index (χ4n) is 2.14. The van der Waals surface area contributed by atoms with Crippen LogP contribution in [0.2, 0.25) is 0 Å². The van der Waals surface area contributed by atoms with Crippen LogP contribution in [0.5, 0.6) is 11.5 Å². The lowest BCUT2D eigenvalue weighted by Gasteiger charge is -2.04. The van der Waals surface area contributed by atoms with Crippen LogP contribution in [0, 0.1) is 0 Å². The largest absolute Gasteiger partial charge is 0.504 e. The number of ether oxygens (including phenoxy) is 2. The monoisotopic (exact) mass is 358 g/mol. The van der Waals surface area contributed by atoms with E-state index in [0.29, 0.717) is 21.5 Å². The molecule has 0 aliphatic carbocycles. The zero-order valence-electron chi connectivity index (χ0n) is 13.2. The lowest BCUT2D eigenvalue weighted by molar-refractivity contribution is -0.139. The Kier molecular flexibility index (Phi) is 4.80. The standard InChI is InChI=1S/C17H14N2O5S/c1-23-13-8-10(2-4-12(13)20)3-5-15(21)24-9-14-18-11-6-7-25-16(11)17(22)19-14/h2-8,20H,9H2,1H3,(H,18,19,22)/b5-3+. The van der Waals surface area contributed by atoms with Gasteiger partial charge in [0, 0.05) is 6.08 Å². The number of H-pyrrole nitrogens is 1. The molecule has 128 valence electrons. The highest BCUT2D eigenvalue weighted by Crippen LogP contribution is 2.26. The molecule has 0 saturated heterocycles. The number of thiophene rings is 1. The second-order valence-corrected chi connectivity index (χ2v) is 5.94. The molecule has 0 amide bonds. The summed E-state index contributed by atoms with van der Waals surface area (Å²) < 4.78 is 10.6. The van der Waals surface area contributed by atoms with E-state index in [-0.39, 0.29) is 23.7 Å². The number of nitrogens with one attached hydrogen (secondary N) is 1. The van der Waals surface area contributed by atoms with Gasteiger partial charge < -0.3 is 19.6 Å². The molecule has 0 aliphatic rings. The number of aromatic nitrogens is 2. The molecular formula is C17H14N2O5S. The fraction of sp³-hybridized carbons (Fsp3) is 0.118. The second kappa shape index (κ2) is 7.18. The van der Waals surface area contributed by atoms with E-state index in [0.717, 1.165) is 0 Å². The van der Waals surface area contributed by atoms with Gasteiger partial charge in [0.2, 0.25) is 0 Å². The number of hydrogen-bond acceptors (Lipinski definition) is 7. The van der Waals surface area contributed by atoms with Crippen molar-refractivity contribution in [3.05, 3.63) is 57.5 Å². The Labute approximate surface area is 146 Å². The first-order valence-electron chi connectivity index (χ1n) is 7.25. The molecule has 25 heavy (non-hydrogen) atoms. The highest BCUT2D eigenvalue weighted by atomic mass is 32.1. The van der Waals surface area contributed by atoms with E-state index in [1.54, 1.807) is 23.6 Å². The van der Waals surface area contributed by atoms with Crippen molar-refractivity contribution < 1.29 is 19.4 Å². The molecule has 3 aromatic rings. The molecule has 0 aliphatic heterocycles. The molecule has 0 atom stereocenters. The number of carbonyl (C=O) groups excluding carboxylic acids is 1. The maximum atomic E-state index is 11.8. The van der Waals surface area contributed by atoms with Crippen molar-refractivity contribution in [2.75, 3.05) is 7.11 Å². The first kappa shape index (κ1) is 16.7. The van der Waals surface area contributed by atoms with Gasteiger partial charge in [-0.05, 0) is 35.2 Å². The van der Waals surface area contributed by atoms with Gasteiger partial charge in [-0.25, -0.2) is 9.78 Å². The number of nitrogens with zero attached hydrogens (tertiary/aromatic N) is 1. The summed E-state index contributed by atoms with van der Waals surface area (Å²) in [4.78, 5) is 30.4. The maximum Gasteiger partial charge on any atom is 0.331 e. The van der Waals surface area contributed by atoms with Gasteiger partial charge in [-0.1, -0.05) is 6.07 Å². The van der Waals surface area contributed by atoms with Gasteiger partial charge in [0.15, 0.2) is 11.5 Å². The molecule has 0 spiro atoms. The topological polar surface area (TPSA) is 102 Å². The van der Waals surface area contributed by atoms with E-state index in [2.05, 4.69) is 9.97 Å². The number of esters is 1. The predicted molar refractivity (Wildman–Crippen MR) is 93.7 cm³/mol. The number of aromatic hydroxyl groups is 1. The smallest absolute Gasteiger partial charge is 0.331 e. The van der Waals surface area contributed by atoms with E-state index in [1.165, 1.54) is 36.7 Å². The molecule has 0 fully saturated rings. The zero-order valence-corrected chi connectivity index (χ0v) is 14.0. The van der Waals surface area contributed by atoms with Gasteiger partial charge >= 0.3 is 5.97 Å². The van der Waals surface area contributed by atoms with Crippen LogP contribution < -0.4 is 10.3 Å². The minimum absolute atomic E-state index is 0.0149. The SMILES string of the molecule is COc1cc(/C=C/C(=O)OCc2nc3ccsc3c(=O)[nH]2)ccc1O. The number of benzene rings is 1. The molecule has 2 N–H and O–H groups in total. The molecule has 0 unspecified atom stereocenters. The molecule has 2 aromatic heterocycles. The number of carbonyl (C=O) groups is 1. The van der Waals surface area contributed by atoms with Gasteiger partial charge in [-0.2, -0.15) is 0 Å². The van der Waals surface area contributed by atoms with Crippen LogP contribution in [-0.2, 0) is 16.1 Å². The van der Waals surface area contributed by atoms with Crippen molar-refractivity contribution in [1.82, 2.24) is 9.97 Å². The fourth-order valence-corrected chi connectivity index (χ4v) is 2.87. The Morgan fingerprint density at radius 1 is 1.40 bits per heavy atom. The van der Waals surface area contributed by atoms with Gasteiger partial charge in [0.05, 0.1) is 12.6 Å². The molecule has 7 nitrogen and oxygen atoms in total. The third kappa shape index (κ3) is 3.86. The third-order valence-electron chi connectivity index (χ3n) is 3.33. The average Bonchev–Trinajstić information content (AvgIpc) is 3.08. The lowest BCUT2D eigenvalue weighted by atomic mass is 10.2. The summed E-state index contributed by atoms with van der Waals surface area (Å²) in [7, 11) is 1.44. The number of phenolic OH excluding ortho intramolecular Hbond substituents is 1. The van der Waals surface area contributed by atoms with Crippen molar-refractivity contribution in [3.8, 4) is 11.5 Å². The summed E-state index contributed by atoms with van der Waals surface area (Å²) in [6.07, 6.45) is 2.77. The highest BCUT2D eigenvalue weighted by Gasteiger charge is 2.07. The normalized spacial score (nSPS) is 11.1. The molecule has 1 aromatic carbocycles. The van der Waals surface area contributed by atoms with Gasteiger partial charge in [0.1, 0.15) is 17.1 Å². The van der Waals surface area contributed by atoms with Crippen LogP contribution in [0.15, 0.2) is 40.5 Å². The third-order valence-corrected chi connectivity index (χ3v) is 4.23. The Balaban J connectivity index is 1.65. The number of methoxy groups -OCH3 is 1. The van der Waals surface area contributed by atoms with Crippen molar-refractivity contribution >= 4 is 33.6 Å². The lowest BCUT2D eigenvalue weighted by Crippen LogP contribution is -2.12. The maximum absolute atomic E-state index is 11.8. The van der Waals surface area contributed by atoms with Gasteiger partial charge in [-0.15, -0.1) is 11.3 Å². The summed E-state index contributed by atoms with van der Waals surface area (Å²) >= 11 is 1.30. The van der Waals surface area contributed by atoms with Crippen LogP contribution in [0.4, 0.5) is 0 Å². The number of hydrogen-bond donors (Lipinski definition) is 2. The number of rotatable bonds is 5. The highest BCUT2D eigenvalue weighted by molar-refractivity contribution is 7.17. The zero-order chi connectivity index (χ0) is 17.8. The molecule has 8 heteroatoms. The first-order chi connectivity index (χ1) is 12.1. The number of aromatic amines is 1. The Bertz CT molecular complexity index is 1010. The van der Waals surface area contributed by atoms with Crippen LogP contribution >= 0.6 is 11.3 Å². The molecule has 0 radical (unpaired) electrons. The minimum Gasteiger partial charge on any atom is -0.504 e. The summed E-state index contributed by atoms with van der Waals surface area (Å²) in [6.45, 7) is -0.136. The first-order valence-corrected chi connectivity index (χ1v) is 8.13. The van der Waals surface area contributed by atoms with Crippen LogP contribution in [0.3, 0.4) is 0 Å². The van der Waals surface area contributed by atoms with Crippen molar-refractivity contribution in [2.24, 2.45) is 0 Å². The Morgan fingerprint density at radius 2 is 2.24 bits per heavy atom. The summed E-state index contributed by atoms with van der Waals surface area (Å²) in [5.74, 6) is 0.0199. The van der Waals surface area contributed by atoms with E-state index < -0.39 is 5.97 Å². The van der Waals surface area contributed by atoms with Crippen molar-refractivity contribution in [3.63, 3.8) is 0 Å². The van der Waals surface area contributed by atoms with E-state index in [1.807, 2.05) is 0 Å². The number of phenols is 1. The summed E-state index contributed by atoms with van der Waals surface area (Å²) in [6, 6.07) is 6.42. The van der Waals surface area contributed by atoms with Crippen molar-refractivity contribution in [2.45, 2.75) is 6.61 Å². The van der Waals surface area contributed by atoms with Crippen LogP contribution in [0.25, 0.3) is 16.3 Å². The summed E-state index contributed by atoms with van der Waals surface area (Å²) in [5.41, 5.74) is 0.988. The average molecular weight is 358 g/mol. The predicted octanol–water partition coefficient (Wildman–Crippen LogP) is 2.46.